The van der Waals surface area contributed by atoms with Crippen molar-refractivity contribution in [3.63, 3.8) is 0 Å². The Morgan fingerprint density at radius 1 is 1.40 bits per heavy atom. The Kier molecular flexibility index (Phi) is 4.89. The van der Waals surface area contributed by atoms with Gasteiger partial charge in [-0.1, -0.05) is 0 Å². The van der Waals surface area contributed by atoms with Gasteiger partial charge < -0.3 is 16.2 Å². The summed E-state index contributed by atoms with van der Waals surface area (Å²) in [7, 11) is 0. The van der Waals surface area contributed by atoms with E-state index in [4.69, 9.17) is 16.2 Å². The number of primary amides is 1. The van der Waals surface area contributed by atoms with Gasteiger partial charge in [-0.2, -0.15) is 0 Å². The number of nitrogen functional groups attached to an aromatic ring is 1. The van der Waals surface area contributed by atoms with Crippen LogP contribution in [0.1, 0.15) is 48.8 Å². The molecule has 2 rings (SSSR count). The van der Waals surface area contributed by atoms with Gasteiger partial charge in [0, 0.05) is 19.2 Å². The standard InChI is InChI=1S/C14H22N4O2/c1-2-20-10-5-3-9(4-6-10)7-12-17-8-11(14(16)19)13(15)18-12/h8-10H,2-7H2,1H3,(H2,16,19)(H2,15,17,18). The molecule has 0 spiro atoms. The van der Waals surface area contributed by atoms with Gasteiger partial charge in [0.15, 0.2) is 0 Å². The Balaban J connectivity index is 1.91. The summed E-state index contributed by atoms with van der Waals surface area (Å²) in [6, 6.07) is 0. The lowest BCUT2D eigenvalue weighted by molar-refractivity contribution is 0.0255. The number of amides is 1. The van der Waals surface area contributed by atoms with Crippen LogP contribution in [-0.4, -0.2) is 28.6 Å². The van der Waals surface area contributed by atoms with Crippen molar-refractivity contribution < 1.29 is 9.53 Å². The van der Waals surface area contributed by atoms with E-state index < -0.39 is 5.91 Å². The molecule has 0 unspecified atom stereocenters. The summed E-state index contributed by atoms with van der Waals surface area (Å²) in [5.74, 6) is 0.828. The fourth-order valence-electron chi connectivity index (χ4n) is 2.72. The third-order valence-electron chi connectivity index (χ3n) is 3.80. The third-order valence-corrected chi connectivity index (χ3v) is 3.80. The number of hydrogen-bond acceptors (Lipinski definition) is 5. The molecule has 20 heavy (non-hydrogen) atoms. The van der Waals surface area contributed by atoms with Crippen LogP contribution in [0, 0.1) is 5.92 Å². The molecule has 1 aromatic heterocycles. The second-order valence-electron chi connectivity index (χ2n) is 5.25. The Bertz CT molecular complexity index is 470. The van der Waals surface area contributed by atoms with E-state index in [2.05, 4.69) is 9.97 Å². The maximum atomic E-state index is 11.1. The molecule has 1 fully saturated rings. The van der Waals surface area contributed by atoms with Crippen LogP contribution < -0.4 is 11.5 Å². The first-order chi connectivity index (χ1) is 9.60. The lowest BCUT2D eigenvalue weighted by Crippen LogP contribution is -2.23. The zero-order valence-electron chi connectivity index (χ0n) is 11.8. The van der Waals surface area contributed by atoms with E-state index in [1.165, 1.54) is 6.20 Å². The van der Waals surface area contributed by atoms with Crippen LogP contribution in [0.15, 0.2) is 6.20 Å². The number of ether oxygens (including phenoxy) is 1. The summed E-state index contributed by atoms with van der Waals surface area (Å²) in [6.07, 6.45) is 7.03. The van der Waals surface area contributed by atoms with E-state index in [9.17, 15) is 4.79 Å². The molecule has 0 aliphatic heterocycles. The second kappa shape index (κ2) is 6.65. The summed E-state index contributed by atoms with van der Waals surface area (Å²) >= 11 is 0. The highest BCUT2D eigenvalue weighted by atomic mass is 16.5. The van der Waals surface area contributed by atoms with Crippen molar-refractivity contribution >= 4 is 11.7 Å². The topological polar surface area (TPSA) is 104 Å². The Hall–Kier alpha value is -1.69. The number of carbonyl (C=O) groups is 1. The van der Waals surface area contributed by atoms with Gasteiger partial charge in [-0.25, -0.2) is 9.97 Å². The minimum atomic E-state index is -0.591. The number of carbonyl (C=O) groups excluding carboxylic acids is 1. The molecule has 110 valence electrons. The predicted octanol–water partition coefficient (Wildman–Crippen LogP) is 1.30. The molecule has 4 N–H and O–H groups in total. The molecule has 1 saturated carbocycles. The van der Waals surface area contributed by atoms with E-state index in [-0.39, 0.29) is 11.4 Å². The highest BCUT2D eigenvalue weighted by Crippen LogP contribution is 2.28. The molecule has 1 aromatic rings. The van der Waals surface area contributed by atoms with E-state index in [1.54, 1.807) is 0 Å². The van der Waals surface area contributed by atoms with Crippen LogP contribution in [0.3, 0.4) is 0 Å². The minimum Gasteiger partial charge on any atom is -0.383 e. The van der Waals surface area contributed by atoms with Crippen molar-refractivity contribution in [2.24, 2.45) is 11.7 Å². The van der Waals surface area contributed by atoms with Crippen molar-refractivity contribution in [3.05, 3.63) is 17.6 Å². The van der Waals surface area contributed by atoms with E-state index in [1.807, 2.05) is 6.92 Å². The van der Waals surface area contributed by atoms with Gasteiger partial charge in [0.1, 0.15) is 11.6 Å². The lowest BCUT2D eigenvalue weighted by atomic mass is 9.85. The van der Waals surface area contributed by atoms with E-state index in [0.29, 0.717) is 17.8 Å². The molecular formula is C14H22N4O2. The first kappa shape index (κ1) is 14.7. The van der Waals surface area contributed by atoms with Gasteiger partial charge in [-0.3, -0.25) is 4.79 Å². The molecule has 6 heteroatoms. The number of anilines is 1. The van der Waals surface area contributed by atoms with Crippen LogP contribution in [0.2, 0.25) is 0 Å². The summed E-state index contributed by atoms with van der Waals surface area (Å²) < 4.78 is 5.64. The molecule has 0 saturated heterocycles. The molecule has 1 aliphatic carbocycles. The van der Waals surface area contributed by atoms with Gasteiger partial charge in [0.2, 0.25) is 0 Å². The smallest absolute Gasteiger partial charge is 0.254 e. The maximum Gasteiger partial charge on any atom is 0.254 e. The monoisotopic (exact) mass is 278 g/mol. The van der Waals surface area contributed by atoms with Crippen molar-refractivity contribution in [1.29, 1.82) is 0 Å². The zero-order chi connectivity index (χ0) is 14.5. The van der Waals surface area contributed by atoms with Crippen LogP contribution >= 0.6 is 0 Å². The third kappa shape index (κ3) is 3.66. The molecule has 6 nitrogen and oxygen atoms in total. The number of rotatable bonds is 5. The summed E-state index contributed by atoms with van der Waals surface area (Å²) in [5.41, 5.74) is 11.1. The first-order valence-electron chi connectivity index (χ1n) is 7.13. The van der Waals surface area contributed by atoms with Crippen molar-refractivity contribution in [1.82, 2.24) is 9.97 Å². The molecule has 0 atom stereocenters. The van der Waals surface area contributed by atoms with Gasteiger partial charge >= 0.3 is 0 Å². The quantitative estimate of drug-likeness (QED) is 0.844. The van der Waals surface area contributed by atoms with Crippen LogP contribution in [0.5, 0.6) is 0 Å². The van der Waals surface area contributed by atoms with Gasteiger partial charge in [-0.05, 0) is 38.5 Å². The van der Waals surface area contributed by atoms with Crippen molar-refractivity contribution in [2.45, 2.75) is 45.1 Å². The predicted molar refractivity (Wildman–Crippen MR) is 76.0 cm³/mol. The van der Waals surface area contributed by atoms with Crippen LogP contribution in [0.4, 0.5) is 5.82 Å². The SMILES string of the molecule is CCOC1CCC(Cc2ncc(C(N)=O)c(N)n2)CC1. The molecule has 0 aromatic carbocycles. The van der Waals surface area contributed by atoms with Crippen LogP contribution in [0.25, 0.3) is 0 Å². The molecule has 1 amide bonds. The first-order valence-corrected chi connectivity index (χ1v) is 7.13. The Labute approximate surface area is 118 Å². The number of nitrogens with zero attached hydrogens (tertiary/aromatic N) is 2. The normalized spacial score (nSPS) is 22.6. The average Bonchev–Trinajstić information content (AvgIpc) is 2.41. The van der Waals surface area contributed by atoms with Crippen LogP contribution in [-0.2, 0) is 11.2 Å². The largest absolute Gasteiger partial charge is 0.383 e. The van der Waals surface area contributed by atoms with E-state index in [0.717, 1.165) is 38.7 Å². The highest BCUT2D eigenvalue weighted by molar-refractivity contribution is 5.96. The fraction of sp³-hybridized carbons (Fsp3) is 0.643. The molecule has 0 bridgehead atoms. The average molecular weight is 278 g/mol. The summed E-state index contributed by atoms with van der Waals surface area (Å²) in [6.45, 7) is 2.81. The molecule has 1 heterocycles. The van der Waals surface area contributed by atoms with Crippen molar-refractivity contribution in [2.75, 3.05) is 12.3 Å². The lowest BCUT2D eigenvalue weighted by Gasteiger charge is -2.27. The van der Waals surface area contributed by atoms with Gasteiger partial charge in [-0.15, -0.1) is 0 Å². The van der Waals surface area contributed by atoms with Gasteiger partial charge in [0.25, 0.3) is 5.91 Å². The number of hydrogen-bond donors (Lipinski definition) is 2. The minimum absolute atomic E-state index is 0.172. The fourth-order valence-corrected chi connectivity index (χ4v) is 2.72. The molecular weight excluding hydrogens is 256 g/mol. The van der Waals surface area contributed by atoms with Gasteiger partial charge in [0.05, 0.1) is 11.7 Å². The highest BCUT2D eigenvalue weighted by Gasteiger charge is 2.22. The zero-order valence-corrected chi connectivity index (χ0v) is 11.8. The summed E-state index contributed by atoms with van der Waals surface area (Å²) in [5, 5.41) is 0. The molecule has 1 aliphatic rings. The summed E-state index contributed by atoms with van der Waals surface area (Å²) in [4.78, 5) is 19.4. The number of nitrogens with two attached hydrogens (primary N) is 2. The Morgan fingerprint density at radius 3 is 2.65 bits per heavy atom. The molecule has 0 radical (unpaired) electrons. The van der Waals surface area contributed by atoms with Crippen molar-refractivity contribution in [3.8, 4) is 0 Å². The maximum absolute atomic E-state index is 11.1. The Morgan fingerprint density at radius 2 is 2.10 bits per heavy atom. The second-order valence-corrected chi connectivity index (χ2v) is 5.25. The number of aromatic nitrogens is 2. The van der Waals surface area contributed by atoms with E-state index >= 15 is 0 Å².